The summed E-state index contributed by atoms with van der Waals surface area (Å²) in [5.74, 6) is -1.97. The van der Waals surface area contributed by atoms with Gasteiger partial charge in [0.25, 0.3) is 0 Å². The molecule has 0 saturated heterocycles. The van der Waals surface area contributed by atoms with Gasteiger partial charge in [0, 0.05) is 12.5 Å². The maximum atomic E-state index is 12.6. The Bertz CT molecular complexity index is 1030. The molecule has 8 nitrogen and oxygen atoms in total. The van der Waals surface area contributed by atoms with Gasteiger partial charge < -0.3 is 25.6 Å². The first-order chi connectivity index (χ1) is 16.9. The van der Waals surface area contributed by atoms with Gasteiger partial charge in [0.2, 0.25) is 5.91 Å². The molecule has 4 N–H and O–H groups in total. The number of benzene rings is 2. The van der Waals surface area contributed by atoms with E-state index >= 15 is 0 Å². The predicted molar refractivity (Wildman–Crippen MR) is 130 cm³/mol. The number of alkyl carbamates (subject to hydrolysis) is 1. The molecule has 0 bridgehead atoms. The minimum Gasteiger partial charge on any atom is -0.481 e. The third-order valence-electron chi connectivity index (χ3n) is 7.00. The summed E-state index contributed by atoms with van der Waals surface area (Å²) >= 11 is 0. The van der Waals surface area contributed by atoms with Crippen molar-refractivity contribution in [3.05, 3.63) is 59.7 Å². The number of aliphatic carboxylic acids is 1. The van der Waals surface area contributed by atoms with Crippen LogP contribution in [0.3, 0.4) is 0 Å². The van der Waals surface area contributed by atoms with Gasteiger partial charge in [-0.3, -0.25) is 9.59 Å². The molecule has 2 aromatic rings. The standard InChI is InChI=1S/C27H32N2O6/c30-24(31)16-23(25(32)28-15-14-27(34)12-6-1-7-13-27)29-26(33)35-17-22-20-10-4-2-8-18(20)19-9-3-5-11-21(19)22/h2-5,8-11,22-23,34H,1,6-7,12-17H2,(H,28,32)(H,29,33)(H,30,31). The second-order valence-corrected chi connectivity index (χ2v) is 9.45. The fraction of sp³-hybridized carbons (Fsp3) is 0.444. The number of nitrogens with one attached hydrogen (secondary N) is 2. The molecule has 4 rings (SSSR count). The minimum absolute atomic E-state index is 0.0638. The highest BCUT2D eigenvalue weighted by Crippen LogP contribution is 2.44. The Morgan fingerprint density at radius 3 is 2.17 bits per heavy atom. The first-order valence-corrected chi connectivity index (χ1v) is 12.2. The van der Waals surface area contributed by atoms with E-state index in [9.17, 15) is 24.6 Å². The first-order valence-electron chi connectivity index (χ1n) is 12.2. The Balaban J connectivity index is 1.33. The second kappa shape index (κ2) is 10.9. The zero-order valence-corrected chi connectivity index (χ0v) is 19.7. The lowest BCUT2D eigenvalue weighted by atomic mass is 9.82. The van der Waals surface area contributed by atoms with E-state index in [0.29, 0.717) is 19.3 Å². The highest BCUT2D eigenvalue weighted by Gasteiger charge is 2.31. The molecule has 2 aliphatic rings. The number of fused-ring (bicyclic) bond motifs is 3. The van der Waals surface area contributed by atoms with Crippen LogP contribution in [0, 0.1) is 0 Å². The van der Waals surface area contributed by atoms with Crippen LogP contribution in [0.5, 0.6) is 0 Å². The third-order valence-corrected chi connectivity index (χ3v) is 7.00. The van der Waals surface area contributed by atoms with Gasteiger partial charge in [0.15, 0.2) is 0 Å². The van der Waals surface area contributed by atoms with E-state index in [0.717, 1.165) is 41.5 Å². The number of ether oxygens (including phenoxy) is 1. The maximum Gasteiger partial charge on any atom is 0.407 e. The number of hydrogen-bond acceptors (Lipinski definition) is 5. The number of aliphatic hydroxyl groups is 1. The van der Waals surface area contributed by atoms with Crippen LogP contribution in [0.2, 0.25) is 0 Å². The van der Waals surface area contributed by atoms with Gasteiger partial charge in [-0.2, -0.15) is 0 Å². The van der Waals surface area contributed by atoms with Crippen molar-refractivity contribution in [2.75, 3.05) is 13.2 Å². The van der Waals surface area contributed by atoms with Gasteiger partial charge in [0.05, 0.1) is 12.0 Å². The average molecular weight is 481 g/mol. The molecule has 186 valence electrons. The van der Waals surface area contributed by atoms with E-state index < -0.39 is 36.0 Å². The second-order valence-electron chi connectivity index (χ2n) is 9.45. The van der Waals surface area contributed by atoms with Crippen molar-refractivity contribution in [1.29, 1.82) is 0 Å². The molecule has 35 heavy (non-hydrogen) atoms. The zero-order chi connectivity index (χ0) is 24.8. The molecule has 0 radical (unpaired) electrons. The van der Waals surface area contributed by atoms with E-state index in [1.54, 1.807) is 0 Å². The molecule has 2 aliphatic carbocycles. The summed E-state index contributed by atoms with van der Waals surface area (Å²) in [7, 11) is 0. The van der Waals surface area contributed by atoms with Crippen LogP contribution >= 0.6 is 0 Å². The quantitative estimate of drug-likeness (QED) is 0.435. The van der Waals surface area contributed by atoms with E-state index in [-0.39, 0.29) is 19.1 Å². The van der Waals surface area contributed by atoms with Crippen LogP contribution < -0.4 is 10.6 Å². The Labute approximate surface area is 204 Å². The maximum absolute atomic E-state index is 12.6. The monoisotopic (exact) mass is 480 g/mol. The van der Waals surface area contributed by atoms with Gasteiger partial charge in [-0.15, -0.1) is 0 Å². The van der Waals surface area contributed by atoms with Gasteiger partial charge in [0.1, 0.15) is 12.6 Å². The zero-order valence-electron chi connectivity index (χ0n) is 19.7. The highest BCUT2D eigenvalue weighted by atomic mass is 16.5. The molecule has 0 heterocycles. The molecule has 1 unspecified atom stereocenters. The Morgan fingerprint density at radius 2 is 1.57 bits per heavy atom. The predicted octanol–water partition coefficient (Wildman–Crippen LogP) is 3.57. The summed E-state index contributed by atoms with van der Waals surface area (Å²) in [5.41, 5.74) is 3.51. The largest absolute Gasteiger partial charge is 0.481 e. The Kier molecular flexibility index (Phi) is 7.70. The summed E-state index contributed by atoms with van der Waals surface area (Å²) in [4.78, 5) is 36.5. The number of amides is 2. The third kappa shape index (κ3) is 6.00. The number of rotatable bonds is 9. The smallest absolute Gasteiger partial charge is 0.407 e. The van der Waals surface area contributed by atoms with Crippen LogP contribution in [0.1, 0.15) is 62.0 Å². The number of carbonyl (C=O) groups is 3. The summed E-state index contributed by atoms with van der Waals surface area (Å²) in [6.45, 7) is 0.270. The molecular formula is C27H32N2O6. The normalized spacial score (nSPS) is 17.1. The Hall–Kier alpha value is -3.39. The molecule has 0 spiro atoms. The van der Waals surface area contributed by atoms with E-state index in [1.165, 1.54) is 0 Å². The van der Waals surface area contributed by atoms with Crippen molar-refractivity contribution in [3.63, 3.8) is 0 Å². The molecule has 1 fully saturated rings. The molecule has 2 aromatic carbocycles. The summed E-state index contributed by atoms with van der Waals surface area (Å²) < 4.78 is 5.45. The lowest BCUT2D eigenvalue weighted by Gasteiger charge is -2.32. The molecule has 8 heteroatoms. The van der Waals surface area contributed by atoms with Crippen molar-refractivity contribution in [3.8, 4) is 11.1 Å². The fourth-order valence-electron chi connectivity index (χ4n) is 5.17. The lowest BCUT2D eigenvalue weighted by molar-refractivity contribution is -0.139. The summed E-state index contributed by atoms with van der Waals surface area (Å²) in [6.07, 6.45) is 3.37. The van der Waals surface area contributed by atoms with E-state index in [1.807, 2.05) is 48.5 Å². The van der Waals surface area contributed by atoms with Gasteiger partial charge in [-0.1, -0.05) is 67.8 Å². The molecular weight excluding hydrogens is 448 g/mol. The SMILES string of the molecule is O=C(O)CC(NC(=O)OCC1c2ccccc2-c2ccccc21)C(=O)NCCC1(O)CCCCC1. The molecule has 0 aromatic heterocycles. The average Bonchev–Trinajstić information content (AvgIpc) is 3.16. The first kappa shape index (κ1) is 24.7. The molecule has 1 atom stereocenters. The van der Waals surface area contributed by atoms with Gasteiger partial charge in [-0.25, -0.2) is 4.79 Å². The van der Waals surface area contributed by atoms with E-state index in [2.05, 4.69) is 10.6 Å². The Morgan fingerprint density at radius 1 is 0.971 bits per heavy atom. The molecule has 2 amide bonds. The highest BCUT2D eigenvalue weighted by molar-refractivity contribution is 5.89. The van der Waals surface area contributed by atoms with E-state index in [4.69, 9.17) is 4.74 Å². The van der Waals surface area contributed by atoms with Crippen molar-refractivity contribution >= 4 is 18.0 Å². The lowest BCUT2D eigenvalue weighted by Crippen LogP contribution is -2.49. The van der Waals surface area contributed by atoms with Crippen LogP contribution in [0.25, 0.3) is 11.1 Å². The number of carboxylic acids is 1. The minimum atomic E-state index is -1.27. The van der Waals surface area contributed by atoms with Gasteiger partial charge in [-0.05, 0) is 41.5 Å². The number of carbonyl (C=O) groups excluding carboxylic acids is 2. The van der Waals surface area contributed by atoms with Crippen molar-refractivity contribution in [2.45, 2.75) is 62.5 Å². The van der Waals surface area contributed by atoms with Crippen LogP contribution in [0.15, 0.2) is 48.5 Å². The number of carboxylic acid groups (broad SMARTS) is 1. The van der Waals surface area contributed by atoms with Crippen LogP contribution in [-0.2, 0) is 14.3 Å². The van der Waals surface area contributed by atoms with Crippen LogP contribution in [0.4, 0.5) is 4.79 Å². The fourth-order valence-corrected chi connectivity index (χ4v) is 5.17. The number of hydrogen-bond donors (Lipinski definition) is 4. The summed E-state index contributed by atoms with van der Waals surface area (Å²) in [5, 5.41) is 24.9. The molecule has 1 saturated carbocycles. The van der Waals surface area contributed by atoms with Crippen molar-refractivity contribution < 1.29 is 29.3 Å². The topological polar surface area (TPSA) is 125 Å². The van der Waals surface area contributed by atoms with Crippen molar-refractivity contribution in [2.24, 2.45) is 0 Å². The summed E-state index contributed by atoms with van der Waals surface area (Å²) in [6, 6.07) is 14.6. The van der Waals surface area contributed by atoms with Crippen LogP contribution in [-0.4, -0.2) is 53.0 Å². The molecule has 0 aliphatic heterocycles. The van der Waals surface area contributed by atoms with Gasteiger partial charge >= 0.3 is 12.1 Å². The van der Waals surface area contributed by atoms with Crippen molar-refractivity contribution in [1.82, 2.24) is 10.6 Å².